The highest BCUT2D eigenvalue weighted by Gasteiger charge is 2.19. The first-order chi connectivity index (χ1) is 10.4. The van der Waals surface area contributed by atoms with Crippen molar-refractivity contribution in [2.24, 2.45) is 0 Å². The molecule has 114 valence electrons. The van der Waals surface area contributed by atoms with Gasteiger partial charge in [0, 0.05) is 6.20 Å². The molecule has 0 amide bonds. The third-order valence-electron chi connectivity index (χ3n) is 3.24. The van der Waals surface area contributed by atoms with Crippen LogP contribution in [0.25, 0.3) is 11.0 Å². The first-order valence-electron chi connectivity index (χ1n) is 7.07. The van der Waals surface area contributed by atoms with Gasteiger partial charge in [0.1, 0.15) is 5.39 Å². The summed E-state index contributed by atoms with van der Waals surface area (Å²) in [4.78, 5) is 23.6. The van der Waals surface area contributed by atoms with Gasteiger partial charge in [-0.05, 0) is 32.9 Å². The van der Waals surface area contributed by atoms with Gasteiger partial charge >= 0.3 is 0 Å². The normalized spacial score (nSPS) is 11.8. The second-order valence-electron chi connectivity index (χ2n) is 6.05. The van der Waals surface area contributed by atoms with Crippen LogP contribution in [0.4, 0.5) is 5.95 Å². The molecule has 7 nitrogen and oxygen atoms in total. The number of anilines is 1. The number of pyridine rings is 1. The zero-order chi connectivity index (χ0) is 15.7. The molecule has 0 fully saturated rings. The van der Waals surface area contributed by atoms with Gasteiger partial charge in [-0.1, -0.05) is 6.07 Å². The number of H-pyrrole nitrogens is 1. The number of nitrogens with zero attached hydrogens (tertiary/aromatic N) is 4. The van der Waals surface area contributed by atoms with Gasteiger partial charge in [0.05, 0.1) is 24.0 Å². The molecule has 0 spiro atoms. The molecule has 0 saturated heterocycles. The van der Waals surface area contributed by atoms with Crippen molar-refractivity contribution in [2.75, 3.05) is 5.32 Å². The van der Waals surface area contributed by atoms with Crippen LogP contribution in [0.3, 0.4) is 0 Å². The lowest BCUT2D eigenvalue weighted by atomic mass is 10.1. The smallest absolute Gasteiger partial charge is 0.263 e. The molecule has 0 unspecified atom stereocenters. The van der Waals surface area contributed by atoms with Crippen molar-refractivity contribution in [3.8, 4) is 0 Å². The Morgan fingerprint density at radius 1 is 1.32 bits per heavy atom. The number of hydrogen-bond acceptors (Lipinski definition) is 5. The molecule has 3 aromatic heterocycles. The van der Waals surface area contributed by atoms with E-state index < -0.39 is 0 Å². The Hall–Kier alpha value is -2.70. The van der Waals surface area contributed by atoms with Crippen LogP contribution in [0.5, 0.6) is 0 Å². The van der Waals surface area contributed by atoms with Crippen molar-refractivity contribution >= 4 is 17.0 Å². The first kappa shape index (κ1) is 14.2. The maximum Gasteiger partial charge on any atom is 0.263 e. The minimum Gasteiger partial charge on any atom is -0.350 e. The molecule has 0 bridgehead atoms. The standard InChI is InChI=1S/C15H18N6O/c1-15(2,3)21-12-11(9-18-21)13(22)20-14(19-12)17-8-10-6-4-5-7-16-10/h4-7,9H,8H2,1-3H3,(H2,17,19,20,22). The Kier molecular flexibility index (Phi) is 3.40. The minimum atomic E-state index is -0.249. The summed E-state index contributed by atoms with van der Waals surface area (Å²) < 4.78 is 1.75. The summed E-state index contributed by atoms with van der Waals surface area (Å²) in [6.45, 7) is 6.54. The van der Waals surface area contributed by atoms with Crippen LogP contribution in [-0.2, 0) is 12.1 Å². The van der Waals surface area contributed by atoms with E-state index in [9.17, 15) is 4.79 Å². The van der Waals surface area contributed by atoms with Gasteiger partial charge in [-0.2, -0.15) is 10.1 Å². The Balaban J connectivity index is 1.96. The lowest BCUT2D eigenvalue weighted by Crippen LogP contribution is -2.24. The summed E-state index contributed by atoms with van der Waals surface area (Å²) in [5.74, 6) is 0.411. The van der Waals surface area contributed by atoms with E-state index in [4.69, 9.17) is 0 Å². The fourth-order valence-electron chi connectivity index (χ4n) is 2.17. The first-order valence-corrected chi connectivity index (χ1v) is 7.07. The largest absolute Gasteiger partial charge is 0.350 e. The molecular weight excluding hydrogens is 280 g/mol. The zero-order valence-corrected chi connectivity index (χ0v) is 12.8. The van der Waals surface area contributed by atoms with Crippen LogP contribution in [0.2, 0.25) is 0 Å². The molecule has 0 radical (unpaired) electrons. The molecular formula is C15H18N6O. The number of rotatable bonds is 3. The van der Waals surface area contributed by atoms with Crippen molar-refractivity contribution in [3.63, 3.8) is 0 Å². The second-order valence-corrected chi connectivity index (χ2v) is 6.05. The summed E-state index contributed by atoms with van der Waals surface area (Å²) in [6.07, 6.45) is 3.28. The van der Waals surface area contributed by atoms with E-state index in [0.29, 0.717) is 23.5 Å². The SMILES string of the molecule is CC(C)(C)n1ncc2c(=O)[nH]c(NCc3ccccn3)nc21. The highest BCUT2D eigenvalue weighted by molar-refractivity contribution is 5.74. The van der Waals surface area contributed by atoms with Crippen LogP contribution in [0, 0.1) is 0 Å². The van der Waals surface area contributed by atoms with Crippen molar-refractivity contribution < 1.29 is 0 Å². The molecule has 22 heavy (non-hydrogen) atoms. The fraction of sp³-hybridized carbons (Fsp3) is 0.333. The summed E-state index contributed by atoms with van der Waals surface area (Å²) in [5.41, 5.74) is 0.985. The van der Waals surface area contributed by atoms with Crippen molar-refractivity contribution in [1.29, 1.82) is 0 Å². The zero-order valence-electron chi connectivity index (χ0n) is 12.8. The van der Waals surface area contributed by atoms with E-state index in [1.54, 1.807) is 17.1 Å². The second kappa shape index (κ2) is 5.25. The molecule has 0 atom stereocenters. The third-order valence-corrected chi connectivity index (χ3v) is 3.24. The Morgan fingerprint density at radius 3 is 2.82 bits per heavy atom. The molecule has 3 aromatic rings. The lowest BCUT2D eigenvalue weighted by Gasteiger charge is -2.19. The van der Waals surface area contributed by atoms with Gasteiger partial charge in [0.25, 0.3) is 5.56 Å². The Morgan fingerprint density at radius 2 is 2.14 bits per heavy atom. The van der Waals surface area contributed by atoms with Crippen LogP contribution in [0.1, 0.15) is 26.5 Å². The topological polar surface area (TPSA) is 88.5 Å². The average Bonchev–Trinajstić information content (AvgIpc) is 2.91. The molecule has 0 saturated carbocycles. The van der Waals surface area contributed by atoms with E-state index in [0.717, 1.165) is 5.69 Å². The van der Waals surface area contributed by atoms with Gasteiger partial charge in [0.2, 0.25) is 5.95 Å². The summed E-state index contributed by atoms with van der Waals surface area (Å²) >= 11 is 0. The number of nitrogens with one attached hydrogen (secondary N) is 2. The molecule has 3 rings (SSSR count). The summed E-state index contributed by atoms with van der Waals surface area (Å²) in [5, 5.41) is 7.86. The minimum absolute atomic E-state index is 0.205. The number of hydrogen-bond donors (Lipinski definition) is 2. The highest BCUT2D eigenvalue weighted by atomic mass is 16.1. The van der Waals surface area contributed by atoms with E-state index >= 15 is 0 Å². The Labute approximate surface area is 127 Å². The number of fused-ring (bicyclic) bond motifs is 1. The summed E-state index contributed by atoms with van der Waals surface area (Å²) in [6, 6.07) is 5.68. The average molecular weight is 298 g/mol. The van der Waals surface area contributed by atoms with Crippen molar-refractivity contribution in [1.82, 2.24) is 24.7 Å². The maximum absolute atomic E-state index is 12.1. The number of aromatic amines is 1. The van der Waals surface area contributed by atoms with Gasteiger partial charge in [-0.25, -0.2) is 4.68 Å². The number of aromatic nitrogens is 5. The molecule has 7 heteroatoms. The van der Waals surface area contributed by atoms with Crippen molar-refractivity contribution in [3.05, 3.63) is 46.6 Å². The molecule has 0 aromatic carbocycles. The van der Waals surface area contributed by atoms with Gasteiger partial charge in [0.15, 0.2) is 5.65 Å². The van der Waals surface area contributed by atoms with Gasteiger partial charge in [-0.3, -0.25) is 14.8 Å². The molecule has 3 heterocycles. The fourth-order valence-corrected chi connectivity index (χ4v) is 2.17. The molecule has 0 aliphatic heterocycles. The van der Waals surface area contributed by atoms with E-state index in [1.165, 1.54) is 0 Å². The van der Waals surface area contributed by atoms with Crippen molar-refractivity contribution in [2.45, 2.75) is 32.9 Å². The predicted molar refractivity (Wildman–Crippen MR) is 84.7 cm³/mol. The van der Waals surface area contributed by atoms with Gasteiger partial charge in [-0.15, -0.1) is 0 Å². The van der Waals surface area contributed by atoms with E-state index in [-0.39, 0.29) is 11.1 Å². The van der Waals surface area contributed by atoms with Crippen LogP contribution in [-0.4, -0.2) is 24.7 Å². The Bertz CT molecular complexity index is 844. The van der Waals surface area contributed by atoms with Crippen LogP contribution in [0.15, 0.2) is 35.4 Å². The predicted octanol–water partition coefficient (Wildman–Crippen LogP) is 1.88. The lowest BCUT2D eigenvalue weighted by molar-refractivity contribution is 0.366. The molecule has 0 aliphatic rings. The van der Waals surface area contributed by atoms with E-state index in [2.05, 4.69) is 25.4 Å². The molecule has 0 aliphatic carbocycles. The summed E-state index contributed by atoms with van der Waals surface area (Å²) in [7, 11) is 0. The highest BCUT2D eigenvalue weighted by Crippen LogP contribution is 2.18. The monoisotopic (exact) mass is 298 g/mol. The maximum atomic E-state index is 12.1. The van der Waals surface area contributed by atoms with Crippen LogP contribution < -0.4 is 10.9 Å². The molecule has 2 N–H and O–H groups in total. The van der Waals surface area contributed by atoms with E-state index in [1.807, 2.05) is 39.0 Å². The quantitative estimate of drug-likeness (QED) is 0.770. The van der Waals surface area contributed by atoms with Crippen LogP contribution >= 0.6 is 0 Å². The van der Waals surface area contributed by atoms with Gasteiger partial charge < -0.3 is 5.32 Å². The third kappa shape index (κ3) is 2.69.